The molecule has 0 unspecified atom stereocenters. The molecule has 0 bridgehead atoms. The molecular formula is C7H7ClN2S. The number of hydrogen-bond donors (Lipinski definition) is 2. The van der Waals surface area contributed by atoms with Crippen LogP contribution in [0.3, 0.4) is 0 Å². The lowest BCUT2D eigenvalue weighted by Gasteiger charge is -2.00. The molecule has 1 rings (SSSR count). The maximum atomic E-state index is 5.72. The molecule has 58 valence electrons. The highest BCUT2D eigenvalue weighted by Crippen LogP contribution is 2.19. The first kappa shape index (κ1) is 8.30. The van der Waals surface area contributed by atoms with Gasteiger partial charge in [-0.2, -0.15) is 0 Å². The van der Waals surface area contributed by atoms with E-state index in [2.05, 4.69) is 0 Å². The second-order valence-corrected chi connectivity index (χ2v) is 2.95. The van der Waals surface area contributed by atoms with Crippen molar-refractivity contribution < 1.29 is 0 Å². The van der Waals surface area contributed by atoms with Crippen LogP contribution in [0.4, 0.5) is 5.69 Å². The molecular weight excluding hydrogens is 180 g/mol. The summed E-state index contributed by atoms with van der Waals surface area (Å²) in [5, 5.41) is 0.482. The Hall–Kier alpha value is -0.800. The van der Waals surface area contributed by atoms with E-state index in [-0.39, 0.29) is 0 Å². The van der Waals surface area contributed by atoms with Gasteiger partial charge in [0.2, 0.25) is 0 Å². The summed E-state index contributed by atoms with van der Waals surface area (Å²) in [6.45, 7) is 0. The van der Waals surface area contributed by atoms with Gasteiger partial charge in [-0.3, -0.25) is 0 Å². The summed E-state index contributed by atoms with van der Waals surface area (Å²) in [5.41, 5.74) is 12.1. The number of nitrogen functional groups attached to an aromatic ring is 1. The maximum absolute atomic E-state index is 5.72. The molecule has 0 saturated carbocycles. The SMILES string of the molecule is NC(=S)c1ccc(N)c(Cl)c1. The first-order valence-corrected chi connectivity index (χ1v) is 3.74. The van der Waals surface area contributed by atoms with Crippen molar-refractivity contribution in [3.05, 3.63) is 28.8 Å². The molecule has 0 aliphatic carbocycles. The van der Waals surface area contributed by atoms with E-state index in [1.54, 1.807) is 18.2 Å². The first-order chi connectivity index (χ1) is 5.11. The fraction of sp³-hybridized carbons (Fsp3) is 0. The molecule has 4 N–H and O–H groups in total. The normalized spacial score (nSPS) is 9.55. The van der Waals surface area contributed by atoms with Crippen LogP contribution in [0.15, 0.2) is 18.2 Å². The number of hydrogen-bond acceptors (Lipinski definition) is 2. The zero-order chi connectivity index (χ0) is 8.43. The Morgan fingerprint density at radius 3 is 2.55 bits per heavy atom. The van der Waals surface area contributed by atoms with Crippen molar-refractivity contribution in [2.24, 2.45) is 5.73 Å². The van der Waals surface area contributed by atoms with Crippen molar-refractivity contribution >= 4 is 34.5 Å². The van der Waals surface area contributed by atoms with Crippen LogP contribution in [0.1, 0.15) is 5.56 Å². The minimum absolute atomic E-state index is 0.326. The minimum Gasteiger partial charge on any atom is -0.398 e. The van der Waals surface area contributed by atoms with Crippen LogP contribution in [0.25, 0.3) is 0 Å². The molecule has 2 nitrogen and oxygen atoms in total. The van der Waals surface area contributed by atoms with E-state index in [0.717, 1.165) is 5.56 Å². The molecule has 0 aliphatic rings. The quantitative estimate of drug-likeness (QED) is 0.517. The van der Waals surface area contributed by atoms with E-state index in [4.69, 9.17) is 35.3 Å². The fourth-order valence-electron chi connectivity index (χ4n) is 0.680. The standard InChI is InChI=1S/C7H7ClN2S/c8-5-3-4(7(10)11)1-2-6(5)9/h1-3H,9H2,(H2,10,11). The van der Waals surface area contributed by atoms with Crippen molar-refractivity contribution in [1.29, 1.82) is 0 Å². The van der Waals surface area contributed by atoms with Gasteiger partial charge in [-0.1, -0.05) is 23.8 Å². The van der Waals surface area contributed by atoms with E-state index in [0.29, 0.717) is 15.7 Å². The lowest BCUT2D eigenvalue weighted by atomic mass is 10.2. The molecule has 0 heterocycles. The van der Waals surface area contributed by atoms with Crippen LogP contribution in [0.2, 0.25) is 5.02 Å². The monoisotopic (exact) mass is 186 g/mol. The van der Waals surface area contributed by atoms with E-state index in [1.807, 2.05) is 0 Å². The average Bonchev–Trinajstić information content (AvgIpc) is 1.94. The van der Waals surface area contributed by atoms with Crippen LogP contribution >= 0.6 is 23.8 Å². The Bertz CT molecular complexity index is 298. The Labute approximate surface area is 75.1 Å². The van der Waals surface area contributed by atoms with Crippen LogP contribution in [0.5, 0.6) is 0 Å². The number of benzene rings is 1. The second kappa shape index (κ2) is 3.07. The van der Waals surface area contributed by atoms with E-state index >= 15 is 0 Å². The zero-order valence-electron chi connectivity index (χ0n) is 5.67. The molecule has 1 aromatic rings. The van der Waals surface area contributed by atoms with E-state index in [1.165, 1.54) is 0 Å². The minimum atomic E-state index is 0.326. The van der Waals surface area contributed by atoms with E-state index < -0.39 is 0 Å². The van der Waals surface area contributed by atoms with Gasteiger partial charge in [-0.25, -0.2) is 0 Å². The molecule has 11 heavy (non-hydrogen) atoms. The lowest BCUT2D eigenvalue weighted by molar-refractivity contribution is 1.61. The average molecular weight is 187 g/mol. The van der Waals surface area contributed by atoms with Gasteiger partial charge in [0, 0.05) is 5.56 Å². The van der Waals surface area contributed by atoms with Crippen molar-refractivity contribution in [1.82, 2.24) is 0 Å². The maximum Gasteiger partial charge on any atom is 0.104 e. The number of rotatable bonds is 1. The summed E-state index contributed by atoms with van der Waals surface area (Å²) in [6.07, 6.45) is 0. The van der Waals surface area contributed by atoms with Gasteiger partial charge in [0.15, 0.2) is 0 Å². The Morgan fingerprint density at radius 2 is 2.09 bits per heavy atom. The van der Waals surface area contributed by atoms with Gasteiger partial charge in [0.25, 0.3) is 0 Å². The smallest absolute Gasteiger partial charge is 0.104 e. The van der Waals surface area contributed by atoms with Gasteiger partial charge in [-0.15, -0.1) is 0 Å². The molecule has 4 heteroatoms. The van der Waals surface area contributed by atoms with Gasteiger partial charge in [-0.05, 0) is 18.2 Å². The highest BCUT2D eigenvalue weighted by molar-refractivity contribution is 7.80. The summed E-state index contributed by atoms with van der Waals surface area (Å²) < 4.78 is 0. The van der Waals surface area contributed by atoms with Crippen molar-refractivity contribution in [2.45, 2.75) is 0 Å². The third-order valence-corrected chi connectivity index (χ3v) is 1.85. The molecule has 0 saturated heterocycles. The Balaban J connectivity index is 3.15. The van der Waals surface area contributed by atoms with Crippen LogP contribution in [-0.4, -0.2) is 4.99 Å². The predicted octanol–water partition coefficient (Wildman–Crippen LogP) is 1.56. The number of halogens is 1. The molecule has 0 amide bonds. The van der Waals surface area contributed by atoms with Crippen molar-refractivity contribution in [3.63, 3.8) is 0 Å². The number of nitrogens with two attached hydrogens (primary N) is 2. The first-order valence-electron chi connectivity index (χ1n) is 2.96. The largest absolute Gasteiger partial charge is 0.398 e. The summed E-state index contributed by atoms with van der Waals surface area (Å²) >= 11 is 10.5. The van der Waals surface area contributed by atoms with Crippen LogP contribution in [-0.2, 0) is 0 Å². The summed E-state index contributed by atoms with van der Waals surface area (Å²) in [5.74, 6) is 0. The molecule has 1 aromatic carbocycles. The van der Waals surface area contributed by atoms with Gasteiger partial charge in [0.05, 0.1) is 10.7 Å². The predicted molar refractivity (Wildman–Crippen MR) is 51.8 cm³/mol. The van der Waals surface area contributed by atoms with Crippen molar-refractivity contribution in [2.75, 3.05) is 5.73 Å². The third-order valence-electron chi connectivity index (χ3n) is 1.28. The van der Waals surface area contributed by atoms with Gasteiger partial charge < -0.3 is 11.5 Å². The van der Waals surface area contributed by atoms with Crippen LogP contribution in [0, 0.1) is 0 Å². The number of anilines is 1. The summed E-state index contributed by atoms with van der Waals surface area (Å²) in [6, 6.07) is 5.07. The molecule has 0 atom stereocenters. The van der Waals surface area contributed by atoms with Crippen LogP contribution < -0.4 is 11.5 Å². The zero-order valence-corrected chi connectivity index (χ0v) is 7.25. The Morgan fingerprint density at radius 1 is 1.45 bits per heavy atom. The van der Waals surface area contributed by atoms with Gasteiger partial charge in [0.1, 0.15) is 4.99 Å². The highest BCUT2D eigenvalue weighted by Gasteiger charge is 1.99. The summed E-state index contributed by atoms with van der Waals surface area (Å²) in [4.78, 5) is 0.326. The Kier molecular flexibility index (Phi) is 2.31. The molecule has 0 aliphatic heterocycles. The second-order valence-electron chi connectivity index (χ2n) is 2.10. The van der Waals surface area contributed by atoms with E-state index in [9.17, 15) is 0 Å². The van der Waals surface area contributed by atoms with Crippen molar-refractivity contribution in [3.8, 4) is 0 Å². The summed E-state index contributed by atoms with van der Waals surface area (Å²) in [7, 11) is 0. The number of thiocarbonyl (C=S) groups is 1. The lowest BCUT2D eigenvalue weighted by Crippen LogP contribution is -2.09. The molecule has 0 spiro atoms. The third kappa shape index (κ3) is 1.82. The van der Waals surface area contributed by atoms with Gasteiger partial charge >= 0.3 is 0 Å². The fourth-order valence-corrected chi connectivity index (χ4v) is 0.988. The topological polar surface area (TPSA) is 52.0 Å². The molecule has 0 radical (unpaired) electrons. The molecule has 0 fully saturated rings. The molecule has 0 aromatic heterocycles. The highest BCUT2D eigenvalue weighted by atomic mass is 35.5.